The highest BCUT2D eigenvalue weighted by Crippen LogP contribution is 2.31. The van der Waals surface area contributed by atoms with Gasteiger partial charge in [-0.3, -0.25) is 4.90 Å². The summed E-state index contributed by atoms with van der Waals surface area (Å²) in [5, 5.41) is 3.55. The Labute approximate surface area is 140 Å². The normalized spacial score (nSPS) is 13.7. The van der Waals surface area contributed by atoms with Gasteiger partial charge >= 0.3 is 6.03 Å². The van der Waals surface area contributed by atoms with Crippen LogP contribution < -0.4 is 15.1 Å². The fourth-order valence-corrected chi connectivity index (χ4v) is 2.85. The zero-order valence-electron chi connectivity index (χ0n) is 13.2. The lowest BCUT2D eigenvalue weighted by atomic mass is 10.2. The Morgan fingerprint density at radius 2 is 2.17 bits per heavy atom. The summed E-state index contributed by atoms with van der Waals surface area (Å²) in [6.45, 7) is 6.27. The number of halogens is 1. The summed E-state index contributed by atoms with van der Waals surface area (Å²) in [5.74, 6) is 0.846. The van der Waals surface area contributed by atoms with E-state index in [1.807, 2.05) is 31.2 Å². The molecule has 1 aliphatic heterocycles. The van der Waals surface area contributed by atoms with Gasteiger partial charge in [-0.25, -0.2) is 9.78 Å². The van der Waals surface area contributed by atoms with E-state index in [0.717, 1.165) is 30.2 Å². The average molecular weight is 331 g/mol. The number of benzene rings is 1. The van der Waals surface area contributed by atoms with Crippen LogP contribution in [0.15, 0.2) is 36.5 Å². The number of aromatic nitrogens is 1. The van der Waals surface area contributed by atoms with Crippen LogP contribution in [0.2, 0.25) is 5.02 Å². The van der Waals surface area contributed by atoms with E-state index < -0.39 is 0 Å². The van der Waals surface area contributed by atoms with E-state index in [1.54, 1.807) is 17.2 Å². The highest BCUT2D eigenvalue weighted by molar-refractivity contribution is 6.31. The van der Waals surface area contributed by atoms with E-state index in [0.29, 0.717) is 17.3 Å². The molecule has 0 fully saturated rings. The number of carbonyl (C=O) groups is 1. The number of likely N-dealkylation sites (N-methyl/N-ethyl adjacent to an activating group) is 1. The van der Waals surface area contributed by atoms with Crippen LogP contribution in [0.4, 0.5) is 22.0 Å². The standard InChI is InChI=1S/C17H19ClN4O/c1-3-21-9-10-22(15-5-4-8-19-16(15)21)17(23)20-13-7-6-12(2)14(18)11-13/h4-8,11H,3,9-10H2,1-2H3,(H,20,23). The van der Waals surface area contributed by atoms with Gasteiger partial charge < -0.3 is 10.2 Å². The molecule has 1 N–H and O–H groups in total. The molecule has 0 atom stereocenters. The van der Waals surface area contributed by atoms with Crippen molar-refractivity contribution in [3.8, 4) is 0 Å². The van der Waals surface area contributed by atoms with Gasteiger partial charge in [-0.2, -0.15) is 0 Å². The molecule has 0 unspecified atom stereocenters. The molecule has 120 valence electrons. The number of fused-ring (bicyclic) bond motifs is 1. The topological polar surface area (TPSA) is 48.5 Å². The van der Waals surface area contributed by atoms with E-state index in [-0.39, 0.29) is 6.03 Å². The van der Waals surface area contributed by atoms with Gasteiger partial charge in [0.2, 0.25) is 0 Å². The van der Waals surface area contributed by atoms with Gasteiger partial charge in [0, 0.05) is 36.5 Å². The van der Waals surface area contributed by atoms with E-state index in [1.165, 1.54) is 0 Å². The van der Waals surface area contributed by atoms with E-state index in [2.05, 4.69) is 22.1 Å². The number of pyridine rings is 1. The van der Waals surface area contributed by atoms with Gasteiger partial charge in [-0.05, 0) is 43.7 Å². The zero-order chi connectivity index (χ0) is 16.4. The van der Waals surface area contributed by atoms with Crippen LogP contribution in [0.1, 0.15) is 12.5 Å². The van der Waals surface area contributed by atoms with Crippen molar-refractivity contribution < 1.29 is 4.79 Å². The fraction of sp³-hybridized carbons (Fsp3) is 0.294. The first-order valence-corrected chi connectivity index (χ1v) is 8.02. The second kappa shape index (κ2) is 6.46. The molecule has 0 saturated carbocycles. The van der Waals surface area contributed by atoms with E-state index in [9.17, 15) is 4.79 Å². The summed E-state index contributed by atoms with van der Waals surface area (Å²) >= 11 is 6.12. The molecule has 5 nitrogen and oxygen atoms in total. The van der Waals surface area contributed by atoms with Crippen LogP contribution in [0.3, 0.4) is 0 Å². The molecular weight excluding hydrogens is 312 g/mol. The molecule has 3 rings (SSSR count). The first-order valence-electron chi connectivity index (χ1n) is 7.64. The number of rotatable bonds is 2. The maximum atomic E-state index is 12.6. The molecule has 23 heavy (non-hydrogen) atoms. The van der Waals surface area contributed by atoms with Crippen molar-refractivity contribution in [3.05, 3.63) is 47.1 Å². The summed E-state index contributed by atoms with van der Waals surface area (Å²) in [4.78, 5) is 21.0. The Kier molecular flexibility index (Phi) is 4.39. The summed E-state index contributed by atoms with van der Waals surface area (Å²) in [6, 6.07) is 9.11. The van der Waals surface area contributed by atoms with Crippen molar-refractivity contribution >= 4 is 34.8 Å². The number of urea groups is 1. The summed E-state index contributed by atoms with van der Waals surface area (Å²) in [6.07, 6.45) is 1.75. The van der Waals surface area contributed by atoms with Crippen LogP contribution in [-0.4, -0.2) is 30.6 Å². The number of aryl methyl sites for hydroxylation is 1. The molecule has 2 aromatic rings. The minimum Gasteiger partial charge on any atom is -0.353 e. The Morgan fingerprint density at radius 3 is 2.91 bits per heavy atom. The maximum absolute atomic E-state index is 12.6. The average Bonchev–Trinajstić information content (AvgIpc) is 2.57. The van der Waals surface area contributed by atoms with Crippen molar-refractivity contribution in [1.29, 1.82) is 0 Å². The number of anilines is 3. The van der Waals surface area contributed by atoms with Crippen molar-refractivity contribution in [2.45, 2.75) is 13.8 Å². The number of nitrogens with one attached hydrogen (secondary N) is 1. The molecule has 2 heterocycles. The van der Waals surface area contributed by atoms with Gasteiger partial charge in [-0.15, -0.1) is 0 Å². The Balaban J connectivity index is 1.84. The largest absolute Gasteiger partial charge is 0.353 e. The number of amides is 2. The van der Waals surface area contributed by atoms with Crippen molar-refractivity contribution in [2.24, 2.45) is 0 Å². The Morgan fingerprint density at radius 1 is 1.35 bits per heavy atom. The molecule has 0 saturated heterocycles. The molecule has 1 aliphatic rings. The third kappa shape index (κ3) is 3.10. The maximum Gasteiger partial charge on any atom is 0.326 e. The lowest BCUT2D eigenvalue weighted by molar-refractivity contribution is 0.256. The molecule has 1 aromatic carbocycles. The molecule has 0 aliphatic carbocycles. The van der Waals surface area contributed by atoms with Gasteiger partial charge in [0.15, 0.2) is 5.82 Å². The number of hydrogen-bond acceptors (Lipinski definition) is 3. The van der Waals surface area contributed by atoms with Crippen LogP contribution in [0.5, 0.6) is 0 Å². The predicted octanol–water partition coefficient (Wildman–Crippen LogP) is 3.92. The molecule has 0 radical (unpaired) electrons. The Hall–Kier alpha value is -2.27. The van der Waals surface area contributed by atoms with Crippen molar-refractivity contribution in [1.82, 2.24) is 4.98 Å². The van der Waals surface area contributed by atoms with Crippen LogP contribution in [0.25, 0.3) is 0 Å². The van der Waals surface area contributed by atoms with Crippen LogP contribution in [-0.2, 0) is 0 Å². The molecule has 6 heteroatoms. The molecule has 0 spiro atoms. The fourth-order valence-electron chi connectivity index (χ4n) is 2.67. The third-order valence-corrected chi connectivity index (χ3v) is 4.41. The van der Waals surface area contributed by atoms with Gasteiger partial charge in [0.1, 0.15) is 0 Å². The summed E-state index contributed by atoms with van der Waals surface area (Å²) in [7, 11) is 0. The van der Waals surface area contributed by atoms with Crippen molar-refractivity contribution in [3.63, 3.8) is 0 Å². The SMILES string of the molecule is CCN1CCN(C(=O)Nc2ccc(C)c(Cl)c2)c2cccnc21. The van der Waals surface area contributed by atoms with Gasteiger partial charge in [0.25, 0.3) is 0 Å². The first-order chi connectivity index (χ1) is 11.1. The van der Waals surface area contributed by atoms with E-state index in [4.69, 9.17) is 11.6 Å². The van der Waals surface area contributed by atoms with Gasteiger partial charge in [0.05, 0.1) is 5.69 Å². The lowest BCUT2D eigenvalue weighted by Gasteiger charge is -2.36. The van der Waals surface area contributed by atoms with Crippen LogP contribution >= 0.6 is 11.6 Å². The highest BCUT2D eigenvalue weighted by Gasteiger charge is 2.27. The summed E-state index contributed by atoms with van der Waals surface area (Å²) in [5.41, 5.74) is 2.50. The highest BCUT2D eigenvalue weighted by atomic mass is 35.5. The second-order valence-corrected chi connectivity index (χ2v) is 5.88. The Bertz CT molecular complexity index is 734. The third-order valence-electron chi connectivity index (χ3n) is 4.00. The minimum atomic E-state index is -0.171. The summed E-state index contributed by atoms with van der Waals surface area (Å²) < 4.78 is 0. The first kappa shape index (κ1) is 15.6. The minimum absolute atomic E-state index is 0.171. The zero-order valence-corrected chi connectivity index (χ0v) is 14.0. The molecule has 2 amide bonds. The smallest absolute Gasteiger partial charge is 0.326 e. The van der Waals surface area contributed by atoms with Crippen LogP contribution in [0, 0.1) is 6.92 Å². The number of nitrogens with zero attached hydrogens (tertiary/aromatic N) is 3. The monoisotopic (exact) mass is 330 g/mol. The van der Waals surface area contributed by atoms with Crippen molar-refractivity contribution in [2.75, 3.05) is 34.8 Å². The number of carbonyl (C=O) groups excluding carboxylic acids is 1. The van der Waals surface area contributed by atoms with E-state index >= 15 is 0 Å². The second-order valence-electron chi connectivity index (χ2n) is 5.47. The molecule has 0 bridgehead atoms. The predicted molar refractivity (Wildman–Crippen MR) is 94.7 cm³/mol. The number of hydrogen-bond donors (Lipinski definition) is 1. The quantitative estimate of drug-likeness (QED) is 0.907. The lowest BCUT2D eigenvalue weighted by Crippen LogP contribution is -2.46. The molecule has 1 aromatic heterocycles. The molecular formula is C17H19ClN4O. The van der Waals surface area contributed by atoms with Gasteiger partial charge in [-0.1, -0.05) is 17.7 Å².